The second-order valence-corrected chi connectivity index (χ2v) is 2.15. The van der Waals surface area contributed by atoms with Gasteiger partial charge in [-0.3, -0.25) is 10.1 Å². The van der Waals surface area contributed by atoms with Gasteiger partial charge in [0.05, 0.1) is 4.92 Å². The maximum atomic E-state index is 10.3. The van der Waals surface area contributed by atoms with Crippen molar-refractivity contribution in [1.29, 1.82) is 0 Å². The zero-order chi connectivity index (χ0) is 9.14. The van der Waals surface area contributed by atoms with Crippen LogP contribution in [0.3, 0.4) is 0 Å². The molecule has 0 radical (unpaired) electrons. The summed E-state index contributed by atoms with van der Waals surface area (Å²) in [5, 5.41) is 10.3. The molecule has 0 aliphatic heterocycles. The van der Waals surface area contributed by atoms with E-state index in [1.54, 1.807) is 6.92 Å². The lowest BCUT2D eigenvalue weighted by Crippen LogP contribution is -2.07. The third kappa shape index (κ3) is 1.48. The highest BCUT2D eigenvalue weighted by atomic mass is 16.6. The predicted octanol–water partition coefficient (Wildman–Crippen LogP) is 0.551. The van der Waals surface area contributed by atoms with Gasteiger partial charge in [-0.15, -0.1) is 0 Å². The summed E-state index contributed by atoms with van der Waals surface area (Å²) in [6.45, 7) is 1.69. The van der Waals surface area contributed by atoms with Crippen LogP contribution < -0.4 is 10.7 Å². The molecule has 0 amide bonds. The fraction of sp³-hybridized carbons (Fsp3) is 0.167. The molecule has 2 N–H and O–H groups in total. The zero-order valence-corrected chi connectivity index (χ0v) is 6.35. The Kier molecular flexibility index (Phi) is 2.20. The van der Waals surface area contributed by atoms with E-state index >= 15 is 0 Å². The van der Waals surface area contributed by atoms with Crippen molar-refractivity contribution < 1.29 is 9.76 Å². The Bertz CT molecular complexity index is 313. The van der Waals surface area contributed by atoms with Crippen LogP contribution >= 0.6 is 0 Å². The summed E-state index contributed by atoms with van der Waals surface area (Å²) in [6, 6.07) is 2.81. The molecule has 1 heterocycles. The van der Waals surface area contributed by atoms with E-state index in [1.165, 1.54) is 12.1 Å². The summed E-state index contributed by atoms with van der Waals surface area (Å²) in [7, 11) is 0. The summed E-state index contributed by atoms with van der Waals surface area (Å²) < 4.78 is 0. The van der Waals surface area contributed by atoms with E-state index in [0.29, 0.717) is 5.69 Å². The van der Waals surface area contributed by atoms with Crippen molar-refractivity contribution in [2.24, 2.45) is 5.90 Å². The van der Waals surface area contributed by atoms with Crippen LogP contribution in [0, 0.1) is 17.0 Å². The third-order valence-electron chi connectivity index (χ3n) is 1.29. The number of nitrogens with zero attached hydrogens (tertiary/aromatic N) is 2. The molecule has 6 heteroatoms. The molecule has 0 aliphatic rings. The fourth-order valence-electron chi connectivity index (χ4n) is 0.751. The van der Waals surface area contributed by atoms with E-state index in [2.05, 4.69) is 9.82 Å². The number of hydrogen-bond acceptors (Lipinski definition) is 5. The van der Waals surface area contributed by atoms with Gasteiger partial charge in [0.15, 0.2) is 0 Å². The Morgan fingerprint density at radius 3 is 2.83 bits per heavy atom. The molecule has 0 saturated heterocycles. The first kappa shape index (κ1) is 8.41. The van der Waals surface area contributed by atoms with E-state index in [0.717, 1.165) is 0 Å². The van der Waals surface area contributed by atoms with Crippen LogP contribution in [0.1, 0.15) is 5.69 Å². The molecule has 0 saturated carbocycles. The van der Waals surface area contributed by atoms with Crippen LogP contribution in [0.5, 0.6) is 5.88 Å². The Labute approximate surface area is 68.1 Å². The molecule has 0 aliphatic carbocycles. The highest BCUT2D eigenvalue weighted by molar-refractivity contribution is 5.41. The topological polar surface area (TPSA) is 91.3 Å². The number of nitrogens with two attached hydrogens (primary N) is 1. The molecule has 6 nitrogen and oxygen atoms in total. The molecule has 0 aromatic carbocycles. The molecule has 0 bridgehead atoms. The Morgan fingerprint density at radius 2 is 2.33 bits per heavy atom. The lowest BCUT2D eigenvalue weighted by Gasteiger charge is -1.98. The first-order valence-corrected chi connectivity index (χ1v) is 3.14. The van der Waals surface area contributed by atoms with Gasteiger partial charge in [-0.2, -0.15) is 5.90 Å². The highest BCUT2D eigenvalue weighted by Gasteiger charge is 2.15. The number of aromatic nitrogens is 1. The van der Waals surface area contributed by atoms with Gasteiger partial charge < -0.3 is 4.84 Å². The molecule has 0 unspecified atom stereocenters. The lowest BCUT2D eigenvalue weighted by molar-refractivity contribution is -0.386. The van der Waals surface area contributed by atoms with Gasteiger partial charge in [0.25, 0.3) is 0 Å². The second kappa shape index (κ2) is 3.14. The lowest BCUT2D eigenvalue weighted by atomic mass is 10.3. The number of pyridine rings is 1. The Balaban J connectivity index is 3.20. The minimum atomic E-state index is -0.603. The number of aryl methyl sites for hydroxylation is 1. The van der Waals surface area contributed by atoms with E-state index in [-0.39, 0.29) is 11.6 Å². The standard InChI is InChI=1S/C6H7N3O3/c1-4-2-3-5(9(10)11)6(8-4)12-7/h2-3H,7H2,1H3. The zero-order valence-electron chi connectivity index (χ0n) is 6.35. The van der Waals surface area contributed by atoms with Crippen LogP contribution in [0.25, 0.3) is 0 Å². The van der Waals surface area contributed by atoms with Crippen LogP contribution in [0.15, 0.2) is 12.1 Å². The van der Waals surface area contributed by atoms with E-state index in [4.69, 9.17) is 5.90 Å². The Morgan fingerprint density at radius 1 is 1.67 bits per heavy atom. The summed E-state index contributed by atoms with van der Waals surface area (Å²) in [5.74, 6) is 4.62. The average molecular weight is 169 g/mol. The van der Waals surface area contributed by atoms with Gasteiger partial charge in [0.1, 0.15) is 0 Å². The summed E-state index contributed by atoms with van der Waals surface area (Å²) in [6.07, 6.45) is 0. The molecule has 12 heavy (non-hydrogen) atoms. The van der Waals surface area contributed by atoms with Gasteiger partial charge in [-0.25, -0.2) is 4.98 Å². The molecular weight excluding hydrogens is 162 g/mol. The van der Waals surface area contributed by atoms with Gasteiger partial charge in [-0.05, 0) is 13.0 Å². The van der Waals surface area contributed by atoms with Gasteiger partial charge >= 0.3 is 11.6 Å². The van der Waals surface area contributed by atoms with Crippen LogP contribution in [0.2, 0.25) is 0 Å². The van der Waals surface area contributed by atoms with Crippen molar-refractivity contribution in [3.8, 4) is 5.88 Å². The number of hydrogen-bond donors (Lipinski definition) is 1. The van der Waals surface area contributed by atoms with Crippen molar-refractivity contribution in [3.63, 3.8) is 0 Å². The normalized spacial score (nSPS) is 9.50. The molecular formula is C6H7N3O3. The maximum absolute atomic E-state index is 10.3. The van der Waals surface area contributed by atoms with E-state index in [1.807, 2.05) is 0 Å². The summed E-state index contributed by atoms with van der Waals surface area (Å²) >= 11 is 0. The molecule has 0 fully saturated rings. The van der Waals surface area contributed by atoms with Crippen molar-refractivity contribution in [3.05, 3.63) is 27.9 Å². The van der Waals surface area contributed by atoms with Crippen molar-refractivity contribution in [1.82, 2.24) is 4.98 Å². The van der Waals surface area contributed by atoms with Gasteiger partial charge in [0, 0.05) is 11.8 Å². The number of rotatable bonds is 2. The monoisotopic (exact) mass is 169 g/mol. The molecule has 1 rings (SSSR count). The SMILES string of the molecule is Cc1ccc([N+](=O)[O-])c(ON)n1. The Hall–Kier alpha value is -1.69. The van der Waals surface area contributed by atoms with Gasteiger partial charge in [-0.1, -0.05) is 0 Å². The molecule has 0 atom stereocenters. The van der Waals surface area contributed by atoms with Crippen molar-refractivity contribution in [2.45, 2.75) is 6.92 Å². The van der Waals surface area contributed by atoms with E-state index < -0.39 is 4.92 Å². The molecule has 1 aromatic heterocycles. The van der Waals surface area contributed by atoms with Crippen molar-refractivity contribution >= 4 is 5.69 Å². The quantitative estimate of drug-likeness (QED) is 0.515. The van der Waals surface area contributed by atoms with Crippen LogP contribution in [-0.4, -0.2) is 9.91 Å². The predicted molar refractivity (Wildman–Crippen MR) is 40.4 cm³/mol. The minimum Gasteiger partial charge on any atom is -0.384 e. The second-order valence-electron chi connectivity index (χ2n) is 2.15. The minimum absolute atomic E-state index is 0.167. The highest BCUT2D eigenvalue weighted by Crippen LogP contribution is 2.22. The van der Waals surface area contributed by atoms with Crippen molar-refractivity contribution in [2.75, 3.05) is 0 Å². The average Bonchev–Trinajstić information content (AvgIpc) is 2.03. The first-order valence-electron chi connectivity index (χ1n) is 3.14. The van der Waals surface area contributed by atoms with Crippen LogP contribution in [-0.2, 0) is 0 Å². The number of nitro groups is 1. The summed E-state index contributed by atoms with van der Waals surface area (Å²) in [4.78, 5) is 17.7. The largest absolute Gasteiger partial charge is 0.384 e. The van der Waals surface area contributed by atoms with Crippen LogP contribution in [0.4, 0.5) is 5.69 Å². The van der Waals surface area contributed by atoms with Gasteiger partial charge in [0.2, 0.25) is 0 Å². The molecule has 1 aromatic rings. The smallest absolute Gasteiger partial charge is 0.333 e. The summed E-state index contributed by atoms with van der Waals surface area (Å²) in [5.41, 5.74) is 0.379. The molecule has 64 valence electrons. The maximum Gasteiger partial charge on any atom is 0.333 e. The first-order chi connectivity index (χ1) is 5.65. The molecule has 0 spiro atoms. The third-order valence-corrected chi connectivity index (χ3v) is 1.29. The fourth-order valence-corrected chi connectivity index (χ4v) is 0.751. The van der Waals surface area contributed by atoms with E-state index in [9.17, 15) is 10.1 Å².